The van der Waals surface area contributed by atoms with Crippen LogP contribution in [0.2, 0.25) is 0 Å². The summed E-state index contributed by atoms with van der Waals surface area (Å²) in [5.74, 6) is 0. The molecule has 0 aromatic carbocycles. The second-order valence-electron chi connectivity index (χ2n) is 3.34. The summed E-state index contributed by atoms with van der Waals surface area (Å²) < 4.78 is 0. The average Bonchev–Trinajstić information content (AvgIpc) is 1.60. The van der Waals surface area contributed by atoms with Crippen LogP contribution >= 0.6 is 0 Å². The fourth-order valence-electron chi connectivity index (χ4n) is 0.876. The molecular weight excluding hydrogens is 132 g/mol. The van der Waals surface area contributed by atoms with E-state index < -0.39 is 11.3 Å². The van der Waals surface area contributed by atoms with Crippen LogP contribution in [0.25, 0.3) is 0 Å². The maximum Gasteiger partial charge on any atom is 0.0879 e. The molecule has 0 bridgehead atoms. The Hall–Kier alpha value is -0.160. The van der Waals surface area contributed by atoms with Gasteiger partial charge in [0, 0.05) is 6.42 Å². The maximum absolute atomic E-state index is 9.25. The molecule has 0 spiro atoms. The minimum atomic E-state index is -1.17. The normalized spacial score (nSPS) is 18.6. The predicted octanol–water partition coefficient (Wildman–Crippen LogP) is -1.25. The predicted molar refractivity (Wildman–Crippen MR) is 39.1 cm³/mol. The summed E-state index contributed by atoms with van der Waals surface area (Å²) in [4.78, 5) is 0. The first-order valence-corrected chi connectivity index (χ1v) is 3.18. The van der Waals surface area contributed by atoms with Gasteiger partial charge in [-0.3, -0.25) is 0 Å². The molecule has 10 heavy (non-hydrogen) atoms. The van der Waals surface area contributed by atoms with E-state index in [1.54, 1.807) is 6.92 Å². The van der Waals surface area contributed by atoms with Crippen molar-refractivity contribution in [1.29, 1.82) is 0 Å². The molecule has 1 atom stereocenters. The minimum Gasteiger partial charge on any atom is -0.393 e. The first kappa shape index (κ1) is 9.84. The third kappa shape index (κ3) is 4.69. The van der Waals surface area contributed by atoms with Gasteiger partial charge in [-0.25, -0.2) is 0 Å². The lowest BCUT2D eigenvalue weighted by molar-refractivity contribution is -0.0194. The van der Waals surface area contributed by atoms with E-state index in [0.717, 1.165) is 0 Å². The first-order chi connectivity index (χ1) is 4.27. The van der Waals surface area contributed by atoms with Gasteiger partial charge in [-0.05, 0) is 13.8 Å². The highest BCUT2D eigenvalue weighted by Crippen LogP contribution is 2.13. The van der Waals surface area contributed by atoms with Crippen molar-refractivity contribution in [3.63, 3.8) is 0 Å². The van der Waals surface area contributed by atoms with Crippen molar-refractivity contribution >= 4 is 0 Å². The maximum atomic E-state index is 9.25. The Kier molecular flexibility index (Phi) is 2.79. The van der Waals surface area contributed by atoms with E-state index in [1.807, 2.05) is 0 Å². The lowest BCUT2D eigenvalue weighted by Gasteiger charge is -2.28. The summed E-state index contributed by atoms with van der Waals surface area (Å²) in [6.45, 7) is 2.76. The van der Waals surface area contributed by atoms with Gasteiger partial charge in [0.05, 0.1) is 17.9 Å². The molecule has 0 aromatic rings. The largest absolute Gasteiger partial charge is 0.393 e. The van der Waals surface area contributed by atoms with Gasteiger partial charge < -0.3 is 21.7 Å². The summed E-state index contributed by atoms with van der Waals surface area (Å²) in [5.41, 5.74) is 8.71. The van der Waals surface area contributed by atoms with Gasteiger partial charge in [-0.15, -0.1) is 0 Å². The Morgan fingerprint density at radius 2 is 1.70 bits per heavy atom. The number of hydrogen-bond acceptors (Lipinski definition) is 4. The Bertz CT molecular complexity index is 107. The van der Waals surface area contributed by atoms with Crippen molar-refractivity contribution in [2.24, 2.45) is 11.5 Å². The highest BCUT2D eigenvalue weighted by molar-refractivity contribution is 4.82. The van der Waals surface area contributed by atoms with E-state index in [1.165, 1.54) is 6.92 Å². The van der Waals surface area contributed by atoms with Crippen LogP contribution in [-0.2, 0) is 0 Å². The standard InChI is InChI=1S/C6H16N2O2/c1-5(10,4-9)3-6(2,7)8/h9-10H,3-4,7-8H2,1-2H3. The second-order valence-corrected chi connectivity index (χ2v) is 3.34. The second kappa shape index (κ2) is 2.84. The van der Waals surface area contributed by atoms with Crippen LogP contribution in [0.4, 0.5) is 0 Å². The summed E-state index contributed by atoms with van der Waals surface area (Å²) >= 11 is 0. The molecule has 62 valence electrons. The van der Waals surface area contributed by atoms with Crippen LogP contribution < -0.4 is 11.5 Å². The third-order valence-corrected chi connectivity index (χ3v) is 1.10. The molecule has 0 aromatic heterocycles. The van der Waals surface area contributed by atoms with Crippen LogP contribution in [0.3, 0.4) is 0 Å². The van der Waals surface area contributed by atoms with Crippen LogP contribution in [0.5, 0.6) is 0 Å². The van der Waals surface area contributed by atoms with Crippen molar-refractivity contribution in [3.8, 4) is 0 Å². The molecule has 0 rings (SSSR count). The van der Waals surface area contributed by atoms with Gasteiger partial charge in [0.1, 0.15) is 0 Å². The SMILES string of the molecule is CC(N)(N)CC(C)(O)CO. The Morgan fingerprint density at radius 3 is 1.80 bits per heavy atom. The highest BCUT2D eigenvalue weighted by atomic mass is 16.3. The Labute approximate surface area is 60.8 Å². The van der Waals surface area contributed by atoms with Gasteiger partial charge in [0.15, 0.2) is 0 Å². The van der Waals surface area contributed by atoms with E-state index in [4.69, 9.17) is 16.6 Å². The summed E-state index contributed by atoms with van der Waals surface area (Å²) in [5, 5.41) is 17.8. The fourth-order valence-corrected chi connectivity index (χ4v) is 0.876. The number of aliphatic hydroxyl groups excluding tert-OH is 1. The molecule has 0 saturated carbocycles. The molecule has 0 amide bonds. The molecular formula is C6H16N2O2. The molecule has 6 N–H and O–H groups in total. The lowest BCUT2D eigenvalue weighted by atomic mass is 9.95. The highest BCUT2D eigenvalue weighted by Gasteiger charge is 2.27. The summed E-state index contributed by atoms with van der Waals surface area (Å²) in [7, 11) is 0. The van der Waals surface area contributed by atoms with Crippen LogP contribution in [-0.4, -0.2) is 28.1 Å². The molecule has 0 radical (unpaired) electrons. The van der Waals surface area contributed by atoms with Crippen molar-refractivity contribution in [3.05, 3.63) is 0 Å². The monoisotopic (exact) mass is 148 g/mol. The van der Waals surface area contributed by atoms with Crippen molar-refractivity contribution < 1.29 is 10.2 Å². The smallest absolute Gasteiger partial charge is 0.0879 e. The van der Waals surface area contributed by atoms with Crippen molar-refractivity contribution in [2.75, 3.05) is 6.61 Å². The van der Waals surface area contributed by atoms with Crippen molar-refractivity contribution in [2.45, 2.75) is 31.5 Å². The number of hydrogen-bond donors (Lipinski definition) is 4. The molecule has 0 aliphatic rings. The van der Waals surface area contributed by atoms with Crippen molar-refractivity contribution in [1.82, 2.24) is 0 Å². The first-order valence-electron chi connectivity index (χ1n) is 3.18. The number of nitrogens with two attached hydrogens (primary N) is 2. The van der Waals surface area contributed by atoms with E-state index in [2.05, 4.69) is 0 Å². The van der Waals surface area contributed by atoms with Gasteiger partial charge in [-0.2, -0.15) is 0 Å². The average molecular weight is 148 g/mol. The fraction of sp³-hybridized carbons (Fsp3) is 1.00. The molecule has 1 unspecified atom stereocenters. The minimum absolute atomic E-state index is 0.177. The molecule has 0 fully saturated rings. The van der Waals surface area contributed by atoms with Crippen LogP contribution in [0.15, 0.2) is 0 Å². The van der Waals surface area contributed by atoms with Gasteiger partial charge in [0.2, 0.25) is 0 Å². The van der Waals surface area contributed by atoms with Gasteiger partial charge in [0.25, 0.3) is 0 Å². The van der Waals surface area contributed by atoms with Gasteiger partial charge >= 0.3 is 0 Å². The molecule has 0 aliphatic carbocycles. The zero-order valence-corrected chi connectivity index (χ0v) is 6.46. The number of rotatable bonds is 3. The third-order valence-electron chi connectivity index (χ3n) is 1.10. The Morgan fingerprint density at radius 1 is 1.30 bits per heavy atom. The number of aliphatic hydroxyl groups is 2. The van der Waals surface area contributed by atoms with Gasteiger partial charge in [-0.1, -0.05) is 0 Å². The molecule has 0 heterocycles. The Balaban J connectivity index is 3.89. The molecule has 4 nitrogen and oxygen atoms in total. The molecule has 0 saturated heterocycles. The van der Waals surface area contributed by atoms with E-state index in [-0.39, 0.29) is 13.0 Å². The van der Waals surface area contributed by atoms with Crippen LogP contribution in [0, 0.1) is 0 Å². The summed E-state index contributed by atoms with van der Waals surface area (Å²) in [6, 6.07) is 0. The topological polar surface area (TPSA) is 92.5 Å². The zero-order valence-electron chi connectivity index (χ0n) is 6.46. The molecule has 0 aliphatic heterocycles. The molecule has 4 heteroatoms. The van der Waals surface area contributed by atoms with E-state index >= 15 is 0 Å². The zero-order chi connectivity index (χ0) is 8.41. The summed E-state index contributed by atoms with van der Waals surface area (Å²) in [6.07, 6.45) is 0.177. The van der Waals surface area contributed by atoms with Crippen LogP contribution in [0.1, 0.15) is 20.3 Å². The lowest BCUT2D eigenvalue weighted by Crippen LogP contribution is -2.52. The van der Waals surface area contributed by atoms with E-state index in [0.29, 0.717) is 0 Å². The van der Waals surface area contributed by atoms with E-state index in [9.17, 15) is 5.11 Å². The quantitative estimate of drug-likeness (QED) is 0.376.